The topological polar surface area (TPSA) is 49.4 Å². The van der Waals surface area contributed by atoms with E-state index in [1.807, 2.05) is 0 Å². The van der Waals surface area contributed by atoms with Crippen molar-refractivity contribution in [2.24, 2.45) is 0 Å². The number of carbonyl (C=O) groups is 1. The van der Waals surface area contributed by atoms with E-state index >= 15 is 0 Å². The summed E-state index contributed by atoms with van der Waals surface area (Å²) < 4.78 is 5.25. The van der Waals surface area contributed by atoms with E-state index in [4.69, 9.17) is 4.74 Å². The number of rotatable bonds is 7. The van der Waals surface area contributed by atoms with Crippen LogP contribution in [0.4, 0.5) is 0 Å². The molecule has 0 unspecified atom stereocenters. The second-order valence-corrected chi connectivity index (χ2v) is 2.93. The zero-order valence-electron chi connectivity index (χ0n) is 8.34. The lowest BCUT2D eigenvalue weighted by Gasteiger charge is -2.02. The fourth-order valence-corrected chi connectivity index (χ4v) is 0.791. The van der Waals surface area contributed by atoms with Crippen LogP contribution in [0.5, 0.6) is 0 Å². The molecule has 0 saturated carbocycles. The van der Waals surface area contributed by atoms with Gasteiger partial charge >= 0.3 is 0 Å². The first-order valence-corrected chi connectivity index (χ1v) is 4.64. The third kappa shape index (κ3) is 7.53. The summed E-state index contributed by atoms with van der Waals surface area (Å²) in [5.41, 5.74) is 0.277. The monoisotopic (exact) mass is 185 g/mol. The van der Waals surface area contributed by atoms with E-state index in [2.05, 4.69) is 6.92 Å². The Labute approximate surface area is 79.4 Å². The Hall–Kier alpha value is -0.830. The summed E-state index contributed by atoms with van der Waals surface area (Å²) >= 11 is 0. The zero-order chi connectivity index (χ0) is 10.1. The van der Waals surface area contributed by atoms with Gasteiger partial charge in [0, 0.05) is 6.61 Å². The minimum atomic E-state index is -1.10. The van der Waals surface area contributed by atoms with Crippen LogP contribution in [0, 0.1) is 0 Å². The maximum atomic E-state index is 10.2. The zero-order valence-corrected chi connectivity index (χ0v) is 8.34. The summed E-state index contributed by atoms with van der Waals surface area (Å²) in [6.45, 7) is 4.98. The highest BCUT2D eigenvalue weighted by Gasteiger charge is 1.89. The molecule has 0 atom stereocenters. The molecule has 0 amide bonds. The lowest BCUT2D eigenvalue weighted by molar-refractivity contribution is -0.299. The Kier molecular flexibility index (Phi) is 7.30. The molecule has 0 aromatic heterocycles. The van der Waals surface area contributed by atoms with Crippen LogP contribution in [-0.2, 0) is 9.53 Å². The molecule has 0 aromatic rings. The number of hydrogen-bond donors (Lipinski definition) is 0. The Morgan fingerprint density at radius 1 is 1.46 bits per heavy atom. The maximum Gasteiger partial charge on any atom is 0.0668 e. The number of hydrogen-bond acceptors (Lipinski definition) is 3. The van der Waals surface area contributed by atoms with Gasteiger partial charge < -0.3 is 14.6 Å². The highest BCUT2D eigenvalue weighted by Crippen LogP contribution is 1.95. The second kappa shape index (κ2) is 7.80. The number of carboxylic acid groups (broad SMARTS) is 1. The molecule has 0 fully saturated rings. The molecular weight excluding hydrogens is 168 g/mol. The Balaban J connectivity index is 3.34. The molecule has 0 radical (unpaired) electrons. The van der Waals surface area contributed by atoms with Crippen LogP contribution in [0.3, 0.4) is 0 Å². The summed E-state index contributed by atoms with van der Waals surface area (Å²) in [4.78, 5) is 10.2. The van der Waals surface area contributed by atoms with Gasteiger partial charge in [-0.1, -0.05) is 19.4 Å². The van der Waals surface area contributed by atoms with Crippen LogP contribution in [0.1, 0.15) is 33.1 Å². The molecule has 3 heteroatoms. The Morgan fingerprint density at radius 3 is 2.69 bits per heavy atom. The van der Waals surface area contributed by atoms with E-state index in [0.29, 0.717) is 13.0 Å². The van der Waals surface area contributed by atoms with Crippen molar-refractivity contribution in [1.82, 2.24) is 0 Å². The number of ether oxygens (including phenoxy) is 1. The molecule has 76 valence electrons. The smallest absolute Gasteiger partial charge is 0.0668 e. The third-order valence-electron chi connectivity index (χ3n) is 1.68. The van der Waals surface area contributed by atoms with Crippen molar-refractivity contribution in [3.05, 3.63) is 11.6 Å². The van der Waals surface area contributed by atoms with E-state index in [0.717, 1.165) is 19.4 Å². The van der Waals surface area contributed by atoms with Crippen LogP contribution in [0.15, 0.2) is 11.6 Å². The van der Waals surface area contributed by atoms with Crippen molar-refractivity contribution in [2.75, 3.05) is 13.2 Å². The standard InChI is InChI=1S/C10H18O3/c1-3-4-7-13-8-5-6-9(2)10(11)12/h6H,3-5,7-8H2,1-2H3,(H,11,12)/p-1/b9-6+. The van der Waals surface area contributed by atoms with Crippen molar-refractivity contribution in [3.8, 4) is 0 Å². The van der Waals surface area contributed by atoms with Crippen LogP contribution in [0.2, 0.25) is 0 Å². The van der Waals surface area contributed by atoms with Crippen LogP contribution < -0.4 is 5.11 Å². The van der Waals surface area contributed by atoms with Crippen molar-refractivity contribution in [1.29, 1.82) is 0 Å². The molecule has 0 aromatic carbocycles. The molecule has 0 N–H and O–H groups in total. The number of unbranched alkanes of at least 4 members (excludes halogenated alkanes) is 1. The van der Waals surface area contributed by atoms with Crippen molar-refractivity contribution < 1.29 is 14.6 Å². The van der Waals surface area contributed by atoms with Gasteiger partial charge in [-0.15, -0.1) is 0 Å². The predicted molar refractivity (Wildman–Crippen MR) is 49.1 cm³/mol. The minimum Gasteiger partial charge on any atom is -0.545 e. The molecular formula is C10H17O3-. The molecule has 0 aliphatic carbocycles. The van der Waals surface area contributed by atoms with Gasteiger partial charge in [0.15, 0.2) is 0 Å². The van der Waals surface area contributed by atoms with Crippen LogP contribution in [0.25, 0.3) is 0 Å². The molecule has 0 bridgehead atoms. The summed E-state index contributed by atoms with van der Waals surface area (Å²) in [6, 6.07) is 0. The third-order valence-corrected chi connectivity index (χ3v) is 1.68. The lowest BCUT2D eigenvalue weighted by Crippen LogP contribution is -2.23. The first kappa shape index (κ1) is 12.2. The summed E-state index contributed by atoms with van der Waals surface area (Å²) in [5, 5.41) is 10.2. The largest absolute Gasteiger partial charge is 0.545 e. The van der Waals surface area contributed by atoms with E-state index in [9.17, 15) is 9.90 Å². The Bertz CT molecular complexity index is 173. The summed E-state index contributed by atoms with van der Waals surface area (Å²) in [6.07, 6.45) is 4.45. The molecule has 0 aliphatic heterocycles. The van der Waals surface area contributed by atoms with Gasteiger partial charge in [-0.05, 0) is 25.3 Å². The quantitative estimate of drug-likeness (QED) is 0.437. The van der Waals surface area contributed by atoms with Crippen molar-refractivity contribution in [3.63, 3.8) is 0 Å². The highest BCUT2D eigenvalue weighted by molar-refractivity contribution is 5.83. The van der Waals surface area contributed by atoms with E-state index in [1.165, 1.54) is 6.92 Å². The maximum absolute atomic E-state index is 10.2. The van der Waals surface area contributed by atoms with E-state index < -0.39 is 5.97 Å². The fourth-order valence-electron chi connectivity index (χ4n) is 0.791. The van der Waals surface area contributed by atoms with Crippen LogP contribution >= 0.6 is 0 Å². The first-order chi connectivity index (χ1) is 6.18. The van der Waals surface area contributed by atoms with Gasteiger partial charge in [-0.2, -0.15) is 0 Å². The normalized spacial score (nSPS) is 11.7. The summed E-state index contributed by atoms with van der Waals surface area (Å²) in [7, 11) is 0. The highest BCUT2D eigenvalue weighted by atomic mass is 16.5. The second-order valence-electron chi connectivity index (χ2n) is 2.93. The average Bonchev–Trinajstić information content (AvgIpc) is 2.10. The molecule has 0 heterocycles. The van der Waals surface area contributed by atoms with E-state index in [1.54, 1.807) is 6.08 Å². The van der Waals surface area contributed by atoms with E-state index in [-0.39, 0.29) is 5.57 Å². The SMILES string of the molecule is CCCCOCC/C=C(\C)C(=O)[O-]. The van der Waals surface area contributed by atoms with Crippen molar-refractivity contribution in [2.45, 2.75) is 33.1 Å². The molecule has 0 aliphatic rings. The molecule has 0 saturated heterocycles. The average molecular weight is 185 g/mol. The molecule has 13 heavy (non-hydrogen) atoms. The molecule has 0 spiro atoms. The van der Waals surface area contributed by atoms with Gasteiger partial charge in [-0.3, -0.25) is 0 Å². The first-order valence-electron chi connectivity index (χ1n) is 4.64. The number of carbonyl (C=O) groups excluding carboxylic acids is 1. The van der Waals surface area contributed by atoms with Gasteiger partial charge in [0.1, 0.15) is 0 Å². The minimum absolute atomic E-state index is 0.277. The molecule has 3 nitrogen and oxygen atoms in total. The lowest BCUT2D eigenvalue weighted by atomic mass is 10.2. The molecule has 0 rings (SSSR count). The van der Waals surface area contributed by atoms with Gasteiger partial charge in [0.05, 0.1) is 12.6 Å². The van der Waals surface area contributed by atoms with Crippen LogP contribution in [-0.4, -0.2) is 19.2 Å². The number of carboxylic acids is 1. The van der Waals surface area contributed by atoms with Gasteiger partial charge in [-0.25, -0.2) is 0 Å². The summed E-state index contributed by atoms with van der Waals surface area (Å²) in [5.74, 6) is -1.10. The Morgan fingerprint density at radius 2 is 2.15 bits per heavy atom. The fraction of sp³-hybridized carbons (Fsp3) is 0.700. The predicted octanol–water partition coefficient (Wildman–Crippen LogP) is 0.889. The van der Waals surface area contributed by atoms with Gasteiger partial charge in [0.2, 0.25) is 0 Å². The van der Waals surface area contributed by atoms with Gasteiger partial charge in [0.25, 0.3) is 0 Å². The number of aliphatic carboxylic acids is 1. The van der Waals surface area contributed by atoms with Crippen molar-refractivity contribution >= 4 is 5.97 Å².